The Balaban J connectivity index is 1.74. The maximum Gasteiger partial charge on any atom is 0.308 e. The molecule has 11 heteroatoms. The zero-order valence-electron chi connectivity index (χ0n) is 20.0. The smallest absolute Gasteiger partial charge is 0.308 e. The van der Waals surface area contributed by atoms with Crippen LogP contribution < -0.4 is 4.90 Å². The highest BCUT2D eigenvalue weighted by atomic mass is 35.5. The number of nitro benzene ring substituents is 1. The first-order valence-corrected chi connectivity index (χ1v) is 12.1. The minimum absolute atomic E-state index is 0.0149. The van der Waals surface area contributed by atoms with E-state index in [1.807, 2.05) is 47.4 Å². The Kier molecular flexibility index (Phi) is 10.1. The Morgan fingerprint density at radius 1 is 1.00 bits per heavy atom. The molecule has 0 aliphatic carbocycles. The molecular weight excluding hydrogens is 519 g/mol. The minimum atomic E-state index is -0.594. The molecule has 0 fully saturated rings. The molecule has 0 radical (unpaired) electrons. The van der Waals surface area contributed by atoms with Crippen molar-refractivity contribution in [3.8, 4) is 0 Å². The van der Waals surface area contributed by atoms with Gasteiger partial charge in [-0.15, -0.1) is 5.11 Å². The number of hydrogen-bond donors (Lipinski definition) is 0. The van der Waals surface area contributed by atoms with Crippen LogP contribution >= 0.6 is 23.2 Å². The van der Waals surface area contributed by atoms with Crippen LogP contribution in [0.25, 0.3) is 0 Å². The number of esters is 1. The number of ether oxygens (including phenoxy) is 1. The maximum atomic E-state index is 12.2. The Labute approximate surface area is 223 Å². The Morgan fingerprint density at radius 2 is 1.65 bits per heavy atom. The lowest BCUT2D eigenvalue weighted by Gasteiger charge is -2.25. The van der Waals surface area contributed by atoms with Crippen LogP contribution in [0.2, 0.25) is 10.0 Å². The SMILES string of the molecule is CCC(=O)COC(=O)CCN(Cc1ccccc1)c1ccc(N=Nc2c(Cl)cc([N+](=O)[O-])cc2Cl)cc1. The number of carbonyl (C=O) groups excluding carboxylic acids is 2. The normalized spacial score (nSPS) is 10.9. The van der Waals surface area contributed by atoms with Gasteiger partial charge in [0.05, 0.1) is 27.1 Å². The predicted molar refractivity (Wildman–Crippen MR) is 142 cm³/mol. The topological polar surface area (TPSA) is 114 Å². The van der Waals surface area contributed by atoms with E-state index in [4.69, 9.17) is 27.9 Å². The van der Waals surface area contributed by atoms with E-state index in [1.54, 1.807) is 19.1 Å². The van der Waals surface area contributed by atoms with Crippen molar-refractivity contribution in [1.29, 1.82) is 0 Å². The summed E-state index contributed by atoms with van der Waals surface area (Å²) < 4.78 is 5.06. The number of nitrogens with zero attached hydrogens (tertiary/aromatic N) is 4. The standard InChI is InChI=1S/C26H24Cl2N4O5/c1-2-22(33)17-37-25(34)12-13-31(16-18-6-4-3-5-7-18)20-10-8-19(9-11-20)29-30-26-23(27)14-21(32(35)36)15-24(26)28/h3-11,14-15H,2,12-13,16-17H2,1H3. The fraction of sp³-hybridized carbons (Fsp3) is 0.231. The van der Waals surface area contributed by atoms with Gasteiger partial charge in [0, 0.05) is 37.3 Å². The first kappa shape index (κ1) is 27.8. The van der Waals surface area contributed by atoms with Gasteiger partial charge in [0.25, 0.3) is 5.69 Å². The molecule has 0 amide bonds. The zero-order valence-corrected chi connectivity index (χ0v) is 21.5. The molecule has 0 aliphatic heterocycles. The molecule has 3 aromatic rings. The number of ketones is 1. The van der Waals surface area contributed by atoms with Gasteiger partial charge in [0.2, 0.25) is 0 Å². The van der Waals surface area contributed by atoms with Gasteiger partial charge in [-0.2, -0.15) is 5.11 Å². The minimum Gasteiger partial charge on any atom is -0.458 e. The first-order valence-electron chi connectivity index (χ1n) is 11.4. The second-order valence-electron chi connectivity index (χ2n) is 7.94. The van der Waals surface area contributed by atoms with Crippen molar-refractivity contribution in [1.82, 2.24) is 0 Å². The summed E-state index contributed by atoms with van der Waals surface area (Å²) in [6.07, 6.45) is 0.433. The Morgan fingerprint density at radius 3 is 2.24 bits per heavy atom. The highest BCUT2D eigenvalue weighted by Gasteiger charge is 2.15. The predicted octanol–water partition coefficient (Wildman–Crippen LogP) is 7.24. The highest BCUT2D eigenvalue weighted by molar-refractivity contribution is 6.39. The molecule has 0 aliphatic rings. The van der Waals surface area contributed by atoms with Crippen molar-refractivity contribution in [3.05, 3.63) is 92.5 Å². The van der Waals surface area contributed by atoms with Gasteiger partial charge in [0.15, 0.2) is 5.78 Å². The number of hydrogen-bond acceptors (Lipinski definition) is 8. The molecule has 0 aromatic heterocycles. The van der Waals surface area contributed by atoms with Crippen molar-refractivity contribution in [2.24, 2.45) is 10.2 Å². The summed E-state index contributed by atoms with van der Waals surface area (Å²) in [6.45, 7) is 2.44. The molecule has 0 N–H and O–H groups in total. The average Bonchev–Trinajstić information content (AvgIpc) is 2.90. The van der Waals surface area contributed by atoms with Crippen molar-refractivity contribution in [3.63, 3.8) is 0 Å². The number of halogens is 2. The van der Waals surface area contributed by atoms with Crippen LogP contribution in [0.5, 0.6) is 0 Å². The van der Waals surface area contributed by atoms with E-state index >= 15 is 0 Å². The van der Waals surface area contributed by atoms with Crippen LogP contribution in [0, 0.1) is 10.1 Å². The lowest BCUT2D eigenvalue weighted by atomic mass is 10.2. The second kappa shape index (κ2) is 13.5. The van der Waals surface area contributed by atoms with Gasteiger partial charge in [0.1, 0.15) is 12.3 Å². The van der Waals surface area contributed by atoms with Crippen LogP contribution in [0.1, 0.15) is 25.3 Å². The number of benzene rings is 3. The molecular formula is C26H24Cl2N4O5. The number of rotatable bonds is 12. The molecule has 3 aromatic carbocycles. The van der Waals surface area contributed by atoms with Gasteiger partial charge in [-0.05, 0) is 29.8 Å². The molecule has 0 saturated carbocycles. The van der Waals surface area contributed by atoms with E-state index in [-0.39, 0.29) is 40.2 Å². The molecule has 0 bridgehead atoms. The van der Waals surface area contributed by atoms with E-state index in [1.165, 1.54) is 0 Å². The third-order valence-corrected chi connectivity index (χ3v) is 5.86. The second-order valence-corrected chi connectivity index (χ2v) is 8.76. The van der Waals surface area contributed by atoms with E-state index in [2.05, 4.69) is 10.2 Å². The molecule has 0 heterocycles. The first-order chi connectivity index (χ1) is 17.8. The third kappa shape index (κ3) is 8.37. The van der Waals surface area contributed by atoms with Gasteiger partial charge < -0.3 is 9.64 Å². The number of non-ortho nitro benzene ring substituents is 1. The third-order valence-electron chi connectivity index (χ3n) is 5.28. The van der Waals surface area contributed by atoms with Crippen LogP contribution in [0.15, 0.2) is 77.0 Å². The summed E-state index contributed by atoms with van der Waals surface area (Å²) in [6, 6.07) is 19.3. The molecule has 3 rings (SSSR count). The molecule has 0 unspecified atom stereocenters. The van der Waals surface area contributed by atoms with Crippen molar-refractivity contribution >= 4 is 57.7 Å². The van der Waals surface area contributed by atoms with Crippen LogP contribution in [-0.4, -0.2) is 29.8 Å². The van der Waals surface area contributed by atoms with Crippen LogP contribution in [0.4, 0.5) is 22.7 Å². The fourth-order valence-corrected chi connectivity index (χ4v) is 3.81. The molecule has 192 valence electrons. The van der Waals surface area contributed by atoms with E-state index < -0.39 is 10.9 Å². The number of azo groups is 1. The van der Waals surface area contributed by atoms with E-state index in [0.29, 0.717) is 25.2 Å². The van der Waals surface area contributed by atoms with Gasteiger partial charge in [-0.25, -0.2) is 0 Å². The monoisotopic (exact) mass is 542 g/mol. The number of nitro groups is 1. The van der Waals surface area contributed by atoms with Gasteiger partial charge in [-0.1, -0.05) is 60.5 Å². The van der Waals surface area contributed by atoms with E-state index in [9.17, 15) is 19.7 Å². The Bertz CT molecular complexity index is 1260. The zero-order chi connectivity index (χ0) is 26.8. The quantitative estimate of drug-likeness (QED) is 0.103. The fourth-order valence-electron chi connectivity index (χ4n) is 3.26. The largest absolute Gasteiger partial charge is 0.458 e. The summed E-state index contributed by atoms with van der Waals surface area (Å²) in [5.41, 5.74) is 2.29. The summed E-state index contributed by atoms with van der Waals surface area (Å²) in [4.78, 5) is 35.9. The van der Waals surface area contributed by atoms with E-state index in [0.717, 1.165) is 23.4 Å². The summed E-state index contributed by atoms with van der Waals surface area (Å²) in [7, 11) is 0. The van der Waals surface area contributed by atoms with Gasteiger partial charge >= 0.3 is 5.97 Å². The maximum absolute atomic E-state index is 12.2. The number of carbonyl (C=O) groups is 2. The summed E-state index contributed by atoms with van der Waals surface area (Å²) in [5, 5.41) is 19.2. The van der Waals surface area contributed by atoms with Crippen molar-refractivity contribution < 1.29 is 19.2 Å². The molecule has 0 spiro atoms. The number of Topliss-reactive ketones (excluding diaryl/α,β-unsaturated/α-hetero) is 1. The summed E-state index contributed by atoms with van der Waals surface area (Å²) in [5.74, 6) is -0.572. The van der Waals surface area contributed by atoms with Gasteiger partial charge in [-0.3, -0.25) is 19.7 Å². The molecule has 37 heavy (non-hydrogen) atoms. The molecule has 0 saturated heterocycles. The van der Waals surface area contributed by atoms with Crippen LogP contribution in [-0.2, 0) is 20.9 Å². The molecule has 9 nitrogen and oxygen atoms in total. The molecule has 0 atom stereocenters. The van der Waals surface area contributed by atoms with Crippen molar-refractivity contribution in [2.75, 3.05) is 18.1 Å². The highest BCUT2D eigenvalue weighted by Crippen LogP contribution is 2.38. The lowest BCUT2D eigenvalue weighted by molar-refractivity contribution is -0.384. The Hall–Kier alpha value is -3.82. The van der Waals surface area contributed by atoms with Crippen molar-refractivity contribution in [2.45, 2.75) is 26.3 Å². The number of anilines is 1. The average molecular weight is 543 g/mol. The van der Waals surface area contributed by atoms with Crippen LogP contribution in [0.3, 0.4) is 0 Å². The lowest BCUT2D eigenvalue weighted by Crippen LogP contribution is -2.26. The summed E-state index contributed by atoms with van der Waals surface area (Å²) >= 11 is 12.2.